The standard InChI is InChI=1S/C29H56/c1-8-11-15-23(4)20-24(5)18-19-26(7)29-17-13-12-16-28(25(6)14-9-2)21-27(10-3)22-29/h11,15,23-29H,8-10,12-14,16-22H2,1-7H3. The van der Waals surface area contributed by atoms with Gasteiger partial charge in [0.15, 0.2) is 0 Å². The lowest BCUT2D eigenvalue weighted by atomic mass is 9.75. The highest BCUT2D eigenvalue weighted by molar-refractivity contribution is 4.86. The van der Waals surface area contributed by atoms with Gasteiger partial charge in [-0.1, -0.05) is 118 Å². The maximum atomic E-state index is 2.58. The first-order valence-corrected chi connectivity index (χ1v) is 13.6. The van der Waals surface area contributed by atoms with Crippen LogP contribution in [0.1, 0.15) is 132 Å². The molecule has 7 unspecified atom stereocenters. The van der Waals surface area contributed by atoms with Crippen LogP contribution in [-0.4, -0.2) is 0 Å². The number of rotatable bonds is 12. The third kappa shape index (κ3) is 11.1. The Labute approximate surface area is 185 Å². The molecular formula is C29H56. The molecule has 0 aromatic carbocycles. The Morgan fingerprint density at radius 2 is 1.38 bits per heavy atom. The summed E-state index contributed by atoms with van der Waals surface area (Å²) in [5, 5.41) is 0. The van der Waals surface area contributed by atoms with Crippen molar-refractivity contribution >= 4 is 0 Å². The van der Waals surface area contributed by atoms with E-state index in [2.05, 4.69) is 60.6 Å². The fourth-order valence-electron chi connectivity index (χ4n) is 6.04. The zero-order chi connectivity index (χ0) is 21.6. The largest absolute Gasteiger partial charge is 0.0885 e. The first kappa shape index (κ1) is 26.8. The molecule has 29 heavy (non-hydrogen) atoms. The SMILES string of the molecule is CCC=CC(C)CC(C)CCC(C)C1CCCCC(C(C)CCC)CC(CC)C1. The minimum atomic E-state index is 0.747. The lowest BCUT2D eigenvalue weighted by Crippen LogP contribution is -2.20. The van der Waals surface area contributed by atoms with E-state index in [0.29, 0.717) is 0 Å². The summed E-state index contributed by atoms with van der Waals surface area (Å²) in [6, 6.07) is 0. The third-order valence-electron chi connectivity index (χ3n) is 8.19. The molecule has 0 aromatic heterocycles. The molecule has 0 saturated heterocycles. The van der Waals surface area contributed by atoms with Crippen molar-refractivity contribution in [3.63, 3.8) is 0 Å². The van der Waals surface area contributed by atoms with Crippen LogP contribution in [0.5, 0.6) is 0 Å². The third-order valence-corrected chi connectivity index (χ3v) is 8.19. The van der Waals surface area contributed by atoms with Crippen LogP contribution < -0.4 is 0 Å². The van der Waals surface area contributed by atoms with Gasteiger partial charge in [-0.25, -0.2) is 0 Å². The molecule has 0 nitrogen and oxygen atoms in total. The lowest BCUT2D eigenvalue weighted by molar-refractivity contribution is 0.205. The summed E-state index contributed by atoms with van der Waals surface area (Å²) in [4.78, 5) is 0. The first-order chi connectivity index (χ1) is 13.9. The van der Waals surface area contributed by atoms with Crippen LogP contribution >= 0.6 is 0 Å². The lowest BCUT2D eigenvalue weighted by Gasteiger charge is -2.30. The summed E-state index contributed by atoms with van der Waals surface area (Å²) < 4.78 is 0. The Bertz CT molecular complexity index is 408. The summed E-state index contributed by atoms with van der Waals surface area (Å²) in [5.74, 6) is 6.41. The summed E-state index contributed by atoms with van der Waals surface area (Å²) >= 11 is 0. The minimum Gasteiger partial charge on any atom is -0.0885 e. The van der Waals surface area contributed by atoms with E-state index in [-0.39, 0.29) is 0 Å². The predicted molar refractivity (Wildman–Crippen MR) is 133 cm³/mol. The van der Waals surface area contributed by atoms with Crippen molar-refractivity contribution in [1.29, 1.82) is 0 Å². The minimum absolute atomic E-state index is 0.747. The van der Waals surface area contributed by atoms with Gasteiger partial charge in [-0.3, -0.25) is 0 Å². The summed E-state index contributed by atoms with van der Waals surface area (Å²) in [6.45, 7) is 17.1. The predicted octanol–water partition coefficient (Wildman–Crippen LogP) is 10.1. The number of hydrogen-bond acceptors (Lipinski definition) is 0. The van der Waals surface area contributed by atoms with Gasteiger partial charge in [0.2, 0.25) is 0 Å². The second-order valence-electron chi connectivity index (χ2n) is 11.0. The molecule has 0 aromatic rings. The maximum Gasteiger partial charge on any atom is -0.0259 e. The van der Waals surface area contributed by atoms with Crippen molar-refractivity contribution in [1.82, 2.24) is 0 Å². The van der Waals surface area contributed by atoms with Crippen molar-refractivity contribution in [2.24, 2.45) is 41.4 Å². The Balaban J connectivity index is 2.55. The smallest absolute Gasteiger partial charge is 0.0259 e. The summed E-state index contributed by atoms with van der Waals surface area (Å²) in [6.07, 6.45) is 23.4. The molecule has 1 fully saturated rings. The molecule has 172 valence electrons. The molecule has 1 aliphatic rings. The van der Waals surface area contributed by atoms with E-state index >= 15 is 0 Å². The molecule has 0 radical (unpaired) electrons. The Kier molecular flexibility index (Phi) is 14.3. The monoisotopic (exact) mass is 404 g/mol. The van der Waals surface area contributed by atoms with Crippen molar-refractivity contribution in [2.45, 2.75) is 132 Å². The molecule has 7 atom stereocenters. The summed E-state index contributed by atoms with van der Waals surface area (Å²) in [5.41, 5.74) is 0. The number of hydrogen-bond donors (Lipinski definition) is 0. The molecule has 1 rings (SSSR count). The Hall–Kier alpha value is -0.260. The molecule has 0 heteroatoms. The molecular weight excluding hydrogens is 348 g/mol. The fourth-order valence-corrected chi connectivity index (χ4v) is 6.04. The molecule has 0 spiro atoms. The van der Waals surface area contributed by atoms with Crippen molar-refractivity contribution in [3.05, 3.63) is 12.2 Å². The van der Waals surface area contributed by atoms with Crippen LogP contribution in [0.25, 0.3) is 0 Å². The fraction of sp³-hybridized carbons (Fsp3) is 0.931. The van der Waals surface area contributed by atoms with Crippen LogP contribution in [0, 0.1) is 41.4 Å². The molecule has 0 heterocycles. The average Bonchev–Trinajstić information content (AvgIpc) is 2.81. The van der Waals surface area contributed by atoms with E-state index in [9.17, 15) is 0 Å². The van der Waals surface area contributed by atoms with Gasteiger partial charge in [0.1, 0.15) is 0 Å². The van der Waals surface area contributed by atoms with E-state index in [1.54, 1.807) is 0 Å². The quantitative estimate of drug-likeness (QED) is 0.284. The zero-order valence-electron chi connectivity index (χ0n) is 21.4. The van der Waals surface area contributed by atoms with E-state index in [0.717, 1.165) is 41.4 Å². The van der Waals surface area contributed by atoms with Crippen LogP contribution in [-0.2, 0) is 0 Å². The molecule has 0 N–H and O–H groups in total. The van der Waals surface area contributed by atoms with Gasteiger partial charge in [0.05, 0.1) is 0 Å². The average molecular weight is 405 g/mol. The van der Waals surface area contributed by atoms with E-state index in [1.165, 1.54) is 83.5 Å². The molecule has 1 saturated carbocycles. The van der Waals surface area contributed by atoms with E-state index < -0.39 is 0 Å². The Morgan fingerprint density at radius 1 is 0.793 bits per heavy atom. The van der Waals surface area contributed by atoms with Gasteiger partial charge in [-0.15, -0.1) is 0 Å². The van der Waals surface area contributed by atoms with Gasteiger partial charge < -0.3 is 0 Å². The van der Waals surface area contributed by atoms with Gasteiger partial charge in [0, 0.05) is 0 Å². The number of allylic oxidation sites excluding steroid dienone is 2. The second kappa shape index (κ2) is 15.5. The Morgan fingerprint density at radius 3 is 1.90 bits per heavy atom. The topological polar surface area (TPSA) is 0 Å². The molecule has 0 amide bonds. The van der Waals surface area contributed by atoms with Crippen LogP contribution in [0.4, 0.5) is 0 Å². The van der Waals surface area contributed by atoms with E-state index in [4.69, 9.17) is 0 Å². The van der Waals surface area contributed by atoms with Crippen LogP contribution in [0.2, 0.25) is 0 Å². The van der Waals surface area contributed by atoms with Gasteiger partial charge in [-0.05, 0) is 67.1 Å². The van der Waals surface area contributed by atoms with Crippen molar-refractivity contribution < 1.29 is 0 Å². The van der Waals surface area contributed by atoms with E-state index in [1.807, 2.05) is 0 Å². The second-order valence-corrected chi connectivity index (χ2v) is 11.0. The van der Waals surface area contributed by atoms with Crippen LogP contribution in [0.3, 0.4) is 0 Å². The maximum absolute atomic E-state index is 2.58. The van der Waals surface area contributed by atoms with Crippen LogP contribution in [0.15, 0.2) is 12.2 Å². The molecule has 0 aliphatic heterocycles. The highest BCUT2D eigenvalue weighted by Gasteiger charge is 2.27. The van der Waals surface area contributed by atoms with Crippen molar-refractivity contribution in [2.75, 3.05) is 0 Å². The highest BCUT2D eigenvalue weighted by Crippen LogP contribution is 2.39. The highest BCUT2D eigenvalue weighted by atomic mass is 14.3. The van der Waals surface area contributed by atoms with Crippen molar-refractivity contribution in [3.8, 4) is 0 Å². The summed E-state index contributed by atoms with van der Waals surface area (Å²) in [7, 11) is 0. The van der Waals surface area contributed by atoms with Gasteiger partial charge >= 0.3 is 0 Å². The van der Waals surface area contributed by atoms with Gasteiger partial charge in [0.25, 0.3) is 0 Å². The zero-order valence-corrected chi connectivity index (χ0v) is 21.4. The van der Waals surface area contributed by atoms with Gasteiger partial charge in [-0.2, -0.15) is 0 Å². The normalized spacial score (nSPS) is 28.3. The molecule has 1 aliphatic carbocycles. The first-order valence-electron chi connectivity index (χ1n) is 13.6. The molecule has 0 bridgehead atoms.